The van der Waals surface area contributed by atoms with Gasteiger partial charge in [-0.15, -0.1) is 0 Å². The maximum atomic E-state index is 11.8. The molecule has 1 atom stereocenters. The highest BCUT2D eigenvalue weighted by atomic mass is 35.5. The summed E-state index contributed by atoms with van der Waals surface area (Å²) < 4.78 is 22.0. The molecule has 0 amide bonds. The number of rotatable bonds is 3. The monoisotopic (exact) mass is 352 g/mol. The van der Waals surface area contributed by atoms with E-state index in [0.717, 1.165) is 0 Å². The second-order valence-electron chi connectivity index (χ2n) is 6.74. The topological polar surface area (TPSA) is 71.1 Å². The highest BCUT2D eigenvalue weighted by Gasteiger charge is 2.41. The number of ether oxygens (including phenoxy) is 2. The SMILES string of the molecule is COC(=O)C1Cc2c(c(Cl)cc(C=O)c2B2OCC(C)(C)CO2)O1. The first-order chi connectivity index (χ1) is 11.4. The van der Waals surface area contributed by atoms with Crippen molar-refractivity contribution < 1.29 is 28.4 Å². The largest absolute Gasteiger partial charge is 0.495 e. The molecule has 1 fully saturated rings. The van der Waals surface area contributed by atoms with E-state index in [1.807, 2.05) is 13.8 Å². The van der Waals surface area contributed by atoms with Crippen LogP contribution in [0.2, 0.25) is 5.02 Å². The molecule has 2 aliphatic heterocycles. The van der Waals surface area contributed by atoms with E-state index in [9.17, 15) is 9.59 Å². The van der Waals surface area contributed by atoms with Gasteiger partial charge in [-0.25, -0.2) is 4.79 Å². The molecule has 1 aromatic rings. The van der Waals surface area contributed by atoms with Crippen molar-refractivity contribution >= 4 is 36.4 Å². The first kappa shape index (κ1) is 17.3. The van der Waals surface area contributed by atoms with Gasteiger partial charge in [0, 0.05) is 41.6 Å². The Bertz CT molecular complexity index is 680. The maximum Gasteiger partial charge on any atom is 0.495 e. The zero-order valence-electron chi connectivity index (χ0n) is 13.8. The fraction of sp³-hybridized carbons (Fsp3) is 0.500. The highest BCUT2D eigenvalue weighted by Crippen LogP contribution is 2.37. The Labute approximate surface area is 145 Å². The summed E-state index contributed by atoms with van der Waals surface area (Å²) in [4.78, 5) is 23.3. The number of methoxy groups -OCH3 is 1. The van der Waals surface area contributed by atoms with Crippen molar-refractivity contribution in [2.75, 3.05) is 20.3 Å². The van der Waals surface area contributed by atoms with Crippen molar-refractivity contribution in [1.82, 2.24) is 0 Å². The van der Waals surface area contributed by atoms with Gasteiger partial charge in [0.25, 0.3) is 0 Å². The van der Waals surface area contributed by atoms with Gasteiger partial charge < -0.3 is 18.8 Å². The number of benzene rings is 1. The van der Waals surface area contributed by atoms with Gasteiger partial charge in [-0.05, 0) is 6.07 Å². The van der Waals surface area contributed by atoms with Crippen LogP contribution in [-0.2, 0) is 25.3 Å². The van der Waals surface area contributed by atoms with E-state index >= 15 is 0 Å². The normalized spacial score (nSPS) is 21.8. The molecule has 24 heavy (non-hydrogen) atoms. The molecular formula is C16H18BClO6. The predicted octanol–water partition coefficient (Wildman–Crippen LogP) is 1.40. The van der Waals surface area contributed by atoms with E-state index in [-0.39, 0.29) is 16.9 Å². The summed E-state index contributed by atoms with van der Waals surface area (Å²) in [6.45, 7) is 5.06. The molecule has 0 bridgehead atoms. The Morgan fingerprint density at radius 2 is 2.08 bits per heavy atom. The number of halogens is 1. The van der Waals surface area contributed by atoms with Crippen LogP contribution >= 0.6 is 11.6 Å². The third-order valence-corrected chi connectivity index (χ3v) is 4.42. The average molecular weight is 353 g/mol. The summed E-state index contributed by atoms with van der Waals surface area (Å²) in [5.74, 6) is -0.114. The lowest BCUT2D eigenvalue weighted by atomic mass is 9.70. The Morgan fingerprint density at radius 3 is 2.67 bits per heavy atom. The smallest absolute Gasteiger partial charge is 0.477 e. The standard InChI is InChI=1S/C16H18BClO6/c1-16(2)7-22-17(23-8-16)13-9(6-19)4-11(18)14-10(13)5-12(24-14)15(20)21-3/h4,6,12H,5,7-8H2,1-3H3. The highest BCUT2D eigenvalue weighted by molar-refractivity contribution is 6.63. The van der Waals surface area contributed by atoms with Crippen LogP contribution in [0.25, 0.3) is 0 Å². The van der Waals surface area contributed by atoms with Crippen LogP contribution in [0, 0.1) is 5.41 Å². The lowest BCUT2D eigenvalue weighted by molar-refractivity contribution is -0.147. The first-order valence-electron chi connectivity index (χ1n) is 7.64. The van der Waals surface area contributed by atoms with E-state index in [1.54, 1.807) is 0 Å². The van der Waals surface area contributed by atoms with E-state index < -0.39 is 19.2 Å². The molecule has 6 nitrogen and oxygen atoms in total. The molecule has 128 valence electrons. The number of carbonyl (C=O) groups is 2. The lowest BCUT2D eigenvalue weighted by Gasteiger charge is -2.34. The Kier molecular flexibility index (Phi) is 4.59. The van der Waals surface area contributed by atoms with Crippen molar-refractivity contribution in [3.8, 4) is 5.75 Å². The fourth-order valence-electron chi connectivity index (χ4n) is 2.92. The minimum Gasteiger partial charge on any atom is -0.477 e. The molecule has 3 rings (SSSR count). The van der Waals surface area contributed by atoms with Gasteiger partial charge in [-0.2, -0.15) is 0 Å². The fourth-order valence-corrected chi connectivity index (χ4v) is 3.19. The summed E-state index contributed by atoms with van der Waals surface area (Å²) in [6, 6.07) is 1.51. The van der Waals surface area contributed by atoms with Crippen molar-refractivity contribution in [3.63, 3.8) is 0 Å². The zero-order chi connectivity index (χ0) is 17.5. The number of fused-ring (bicyclic) bond motifs is 1. The minimum atomic E-state index is -0.789. The summed E-state index contributed by atoms with van der Waals surface area (Å²) in [5.41, 5.74) is 1.51. The Balaban J connectivity index is 2.00. The van der Waals surface area contributed by atoms with Gasteiger partial charge in [-0.1, -0.05) is 25.4 Å². The first-order valence-corrected chi connectivity index (χ1v) is 8.02. The Morgan fingerprint density at radius 1 is 1.42 bits per heavy atom. The number of esters is 1. The molecule has 0 radical (unpaired) electrons. The molecule has 1 aromatic carbocycles. The summed E-state index contributed by atoms with van der Waals surface area (Å²) >= 11 is 6.21. The van der Waals surface area contributed by atoms with Crippen LogP contribution in [0.5, 0.6) is 5.75 Å². The van der Waals surface area contributed by atoms with Crippen LogP contribution in [0.3, 0.4) is 0 Å². The second-order valence-corrected chi connectivity index (χ2v) is 7.15. The summed E-state index contributed by atoms with van der Waals surface area (Å²) in [7, 11) is 0.605. The van der Waals surface area contributed by atoms with Gasteiger partial charge >= 0.3 is 13.1 Å². The predicted molar refractivity (Wildman–Crippen MR) is 88.0 cm³/mol. The van der Waals surface area contributed by atoms with Crippen LogP contribution in [0.1, 0.15) is 29.8 Å². The molecular weight excluding hydrogens is 334 g/mol. The van der Waals surface area contributed by atoms with E-state index in [0.29, 0.717) is 41.8 Å². The Hall–Kier alpha value is -1.57. The van der Waals surface area contributed by atoms with Crippen molar-refractivity contribution in [2.45, 2.75) is 26.4 Å². The average Bonchev–Trinajstić information content (AvgIpc) is 3.00. The maximum absolute atomic E-state index is 11.8. The molecule has 0 spiro atoms. The molecule has 2 heterocycles. The van der Waals surface area contributed by atoms with Crippen LogP contribution in [-0.4, -0.2) is 45.8 Å². The number of aldehydes is 1. The summed E-state index contributed by atoms with van der Waals surface area (Å²) in [5, 5.41) is 0.276. The zero-order valence-corrected chi connectivity index (χ0v) is 14.5. The molecule has 1 unspecified atom stereocenters. The van der Waals surface area contributed by atoms with Crippen LogP contribution in [0.15, 0.2) is 6.07 Å². The molecule has 0 aliphatic carbocycles. The third-order valence-electron chi connectivity index (χ3n) is 4.14. The van der Waals surface area contributed by atoms with E-state index in [1.165, 1.54) is 13.2 Å². The van der Waals surface area contributed by atoms with Crippen LogP contribution < -0.4 is 10.2 Å². The number of carbonyl (C=O) groups excluding carboxylic acids is 2. The van der Waals surface area contributed by atoms with Gasteiger partial charge in [0.2, 0.25) is 0 Å². The van der Waals surface area contributed by atoms with Gasteiger partial charge in [0.1, 0.15) is 12.0 Å². The van der Waals surface area contributed by atoms with Crippen LogP contribution in [0.4, 0.5) is 0 Å². The molecule has 0 saturated carbocycles. The minimum absolute atomic E-state index is 0.0987. The van der Waals surface area contributed by atoms with Crippen molar-refractivity contribution in [1.29, 1.82) is 0 Å². The number of hydrogen-bond donors (Lipinski definition) is 0. The molecule has 0 aromatic heterocycles. The van der Waals surface area contributed by atoms with E-state index in [2.05, 4.69) is 0 Å². The molecule has 0 N–H and O–H groups in total. The summed E-state index contributed by atoms with van der Waals surface area (Å²) in [6.07, 6.45) is 0.174. The lowest BCUT2D eigenvalue weighted by Crippen LogP contribution is -2.49. The molecule has 2 aliphatic rings. The molecule has 8 heteroatoms. The number of hydrogen-bond acceptors (Lipinski definition) is 6. The van der Waals surface area contributed by atoms with Gasteiger partial charge in [0.05, 0.1) is 12.1 Å². The quantitative estimate of drug-likeness (QED) is 0.465. The third kappa shape index (κ3) is 3.03. The van der Waals surface area contributed by atoms with Gasteiger partial charge in [-0.3, -0.25) is 4.79 Å². The second kappa shape index (κ2) is 6.39. The van der Waals surface area contributed by atoms with Crippen molar-refractivity contribution in [2.24, 2.45) is 5.41 Å². The molecule has 1 saturated heterocycles. The van der Waals surface area contributed by atoms with Crippen molar-refractivity contribution in [3.05, 3.63) is 22.2 Å². The van der Waals surface area contributed by atoms with Gasteiger partial charge in [0.15, 0.2) is 6.10 Å². The van der Waals surface area contributed by atoms with E-state index in [4.69, 9.17) is 30.4 Å².